The van der Waals surface area contributed by atoms with Crippen LogP contribution in [0.15, 0.2) is 18.2 Å². The van der Waals surface area contributed by atoms with Crippen LogP contribution >= 0.6 is 0 Å². The molecule has 0 aromatic heterocycles. The van der Waals surface area contributed by atoms with Crippen LogP contribution in [0.2, 0.25) is 0 Å². The van der Waals surface area contributed by atoms with Gasteiger partial charge in [0.1, 0.15) is 24.2 Å². The van der Waals surface area contributed by atoms with Gasteiger partial charge in [0.15, 0.2) is 0 Å². The molecule has 1 heterocycles. The van der Waals surface area contributed by atoms with Crippen molar-refractivity contribution in [3.05, 3.63) is 23.8 Å². The molecule has 0 aliphatic carbocycles. The molecule has 0 radical (unpaired) electrons. The van der Waals surface area contributed by atoms with Crippen LogP contribution in [0.25, 0.3) is 0 Å². The summed E-state index contributed by atoms with van der Waals surface area (Å²) >= 11 is 0. The van der Waals surface area contributed by atoms with Gasteiger partial charge in [0.25, 0.3) is 0 Å². The normalized spacial score (nSPS) is 21.7. The van der Waals surface area contributed by atoms with Crippen LogP contribution < -0.4 is 9.47 Å². The summed E-state index contributed by atoms with van der Waals surface area (Å²) in [6.07, 6.45) is -0.803. The van der Waals surface area contributed by atoms with Crippen LogP contribution in [0.4, 0.5) is 0 Å². The predicted molar refractivity (Wildman–Crippen MR) is 67.5 cm³/mol. The van der Waals surface area contributed by atoms with Gasteiger partial charge in [-0.1, -0.05) is 0 Å². The number of carbonyl (C=O) groups is 1. The van der Waals surface area contributed by atoms with Crippen LogP contribution in [0.3, 0.4) is 0 Å². The highest BCUT2D eigenvalue weighted by Crippen LogP contribution is 2.36. The van der Waals surface area contributed by atoms with E-state index in [2.05, 4.69) is 0 Å². The van der Waals surface area contributed by atoms with Gasteiger partial charge < -0.3 is 19.7 Å². The highest BCUT2D eigenvalue weighted by atomic mass is 16.5. The van der Waals surface area contributed by atoms with Gasteiger partial charge in [0.05, 0.1) is 19.7 Å². The Hall–Kier alpha value is -1.79. The van der Waals surface area contributed by atoms with Crippen molar-refractivity contribution in [2.24, 2.45) is 0 Å². The highest BCUT2D eigenvalue weighted by Gasteiger charge is 2.33. The molecule has 0 bridgehead atoms. The van der Waals surface area contributed by atoms with Gasteiger partial charge in [-0.3, -0.25) is 9.69 Å². The van der Waals surface area contributed by atoms with E-state index in [0.717, 1.165) is 0 Å². The van der Waals surface area contributed by atoms with E-state index in [0.29, 0.717) is 17.1 Å². The van der Waals surface area contributed by atoms with E-state index < -0.39 is 18.1 Å². The third-order valence-electron chi connectivity index (χ3n) is 3.26. The Kier molecular flexibility index (Phi) is 3.92. The molecule has 1 aliphatic rings. The van der Waals surface area contributed by atoms with Crippen LogP contribution in [0.1, 0.15) is 11.7 Å². The number of rotatable bonds is 4. The number of fused-ring (bicyclic) bond motifs is 1. The average Bonchev–Trinajstić information content (AvgIpc) is 2.38. The molecule has 0 amide bonds. The fourth-order valence-electron chi connectivity index (χ4n) is 2.19. The van der Waals surface area contributed by atoms with E-state index >= 15 is 0 Å². The Morgan fingerprint density at radius 3 is 2.95 bits per heavy atom. The summed E-state index contributed by atoms with van der Waals surface area (Å²) in [4.78, 5) is 12.3. The Labute approximate surface area is 111 Å². The smallest absolute Gasteiger partial charge is 0.317 e. The zero-order valence-electron chi connectivity index (χ0n) is 10.9. The molecule has 1 aromatic rings. The lowest BCUT2D eigenvalue weighted by atomic mass is 9.98. The van der Waals surface area contributed by atoms with Gasteiger partial charge in [-0.25, -0.2) is 0 Å². The van der Waals surface area contributed by atoms with Crippen molar-refractivity contribution in [1.29, 1.82) is 0 Å². The molecule has 104 valence electrons. The monoisotopic (exact) mass is 267 g/mol. The van der Waals surface area contributed by atoms with Crippen molar-refractivity contribution in [3.63, 3.8) is 0 Å². The second-order valence-electron chi connectivity index (χ2n) is 4.54. The number of hydrogen-bond donors (Lipinski definition) is 2. The third kappa shape index (κ3) is 2.80. The molecule has 2 N–H and O–H groups in total. The largest absolute Gasteiger partial charge is 0.497 e. The first-order valence-corrected chi connectivity index (χ1v) is 5.93. The van der Waals surface area contributed by atoms with Crippen LogP contribution in [-0.2, 0) is 4.79 Å². The van der Waals surface area contributed by atoms with Crippen molar-refractivity contribution < 1.29 is 24.5 Å². The lowest BCUT2D eigenvalue weighted by molar-refractivity contribution is -0.139. The number of ether oxygens (including phenoxy) is 2. The first-order chi connectivity index (χ1) is 9.02. The maximum Gasteiger partial charge on any atom is 0.317 e. The van der Waals surface area contributed by atoms with E-state index in [4.69, 9.17) is 14.6 Å². The van der Waals surface area contributed by atoms with Crippen molar-refractivity contribution in [3.8, 4) is 11.5 Å². The number of nitrogens with zero attached hydrogens (tertiary/aromatic N) is 1. The third-order valence-corrected chi connectivity index (χ3v) is 3.26. The molecule has 0 fully saturated rings. The topological polar surface area (TPSA) is 79.2 Å². The first-order valence-electron chi connectivity index (χ1n) is 5.93. The molecular weight excluding hydrogens is 250 g/mol. The summed E-state index contributed by atoms with van der Waals surface area (Å²) in [7, 11) is 3.20. The van der Waals surface area contributed by atoms with Gasteiger partial charge in [0, 0.05) is 5.56 Å². The number of benzene rings is 1. The first kappa shape index (κ1) is 13.6. The molecule has 0 saturated carbocycles. The maximum absolute atomic E-state index is 10.7. The molecule has 2 rings (SSSR count). The lowest BCUT2D eigenvalue weighted by Crippen LogP contribution is -2.45. The summed E-state index contributed by atoms with van der Waals surface area (Å²) in [6, 6.07) is 4.81. The number of carboxylic acids is 1. The van der Waals surface area contributed by atoms with E-state index in [9.17, 15) is 9.90 Å². The number of hydrogen-bond acceptors (Lipinski definition) is 5. The fourth-order valence-corrected chi connectivity index (χ4v) is 2.19. The molecule has 0 saturated heterocycles. The van der Waals surface area contributed by atoms with Crippen LogP contribution in [0, 0.1) is 0 Å². The number of likely N-dealkylation sites (N-methyl/N-ethyl adjacent to an activating group) is 1. The summed E-state index contributed by atoms with van der Waals surface area (Å²) < 4.78 is 10.7. The van der Waals surface area contributed by atoms with E-state index in [1.54, 1.807) is 37.3 Å². The van der Waals surface area contributed by atoms with Crippen molar-refractivity contribution in [2.75, 3.05) is 27.3 Å². The van der Waals surface area contributed by atoms with Gasteiger partial charge in [-0.05, 0) is 25.2 Å². The second kappa shape index (κ2) is 5.46. The maximum atomic E-state index is 10.7. The quantitative estimate of drug-likeness (QED) is 0.827. The summed E-state index contributed by atoms with van der Waals surface area (Å²) in [5.74, 6) is 0.294. The van der Waals surface area contributed by atoms with E-state index in [-0.39, 0.29) is 13.2 Å². The zero-order valence-corrected chi connectivity index (χ0v) is 10.9. The van der Waals surface area contributed by atoms with Gasteiger partial charge in [-0.15, -0.1) is 0 Å². The Morgan fingerprint density at radius 2 is 2.32 bits per heavy atom. The molecule has 6 heteroatoms. The summed E-state index contributed by atoms with van der Waals surface area (Å²) in [5, 5.41) is 19.1. The molecule has 19 heavy (non-hydrogen) atoms. The van der Waals surface area contributed by atoms with Gasteiger partial charge >= 0.3 is 5.97 Å². The highest BCUT2D eigenvalue weighted by molar-refractivity contribution is 5.69. The minimum absolute atomic E-state index is 0.148. The minimum Gasteiger partial charge on any atom is -0.497 e. The molecule has 6 nitrogen and oxygen atoms in total. The Bertz CT molecular complexity index is 476. The average molecular weight is 267 g/mol. The predicted octanol–water partition coefficient (Wildman–Crippen LogP) is 0.506. The van der Waals surface area contributed by atoms with Crippen LogP contribution in [-0.4, -0.2) is 54.4 Å². The SMILES string of the molecule is COc1ccc2c(c1)C(O)C(N(C)CC(=O)O)CO2. The number of aliphatic hydroxyl groups excluding tert-OH is 1. The molecule has 2 atom stereocenters. The Morgan fingerprint density at radius 1 is 1.58 bits per heavy atom. The molecule has 2 unspecified atom stereocenters. The number of methoxy groups -OCH3 is 1. The van der Waals surface area contributed by atoms with Crippen molar-refractivity contribution in [2.45, 2.75) is 12.1 Å². The van der Waals surface area contributed by atoms with Crippen LogP contribution in [0.5, 0.6) is 11.5 Å². The zero-order chi connectivity index (χ0) is 14.0. The van der Waals surface area contributed by atoms with Crippen molar-refractivity contribution in [1.82, 2.24) is 4.90 Å². The fraction of sp³-hybridized carbons (Fsp3) is 0.462. The van der Waals surface area contributed by atoms with E-state index in [1.807, 2.05) is 0 Å². The number of aliphatic carboxylic acids is 1. The molecule has 1 aromatic carbocycles. The Balaban J connectivity index is 2.22. The second-order valence-corrected chi connectivity index (χ2v) is 4.54. The molecule has 1 aliphatic heterocycles. The van der Waals surface area contributed by atoms with Gasteiger partial charge in [-0.2, -0.15) is 0 Å². The summed E-state index contributed by atoms with van der Waals surface area (Å²) in [6.45, 7) is 0.106. The molecule has 0 spiro atoms. The minimum atomic E-state index is -0.939. The number of aliphatic hydroxyl groups is 1. The number of carboxylic acid groups (broad SMARTS) is 1. The standard InChI is InChI=1S/C13H17NO5/c1-14(6-12(15)16)10-7-19-11-4-3-8(18-2)5-9(11)13(10)17/h3-5,10,13,17H,6-7H2,1-2H3,(H,15,16). The van der Waals surface area contributed by atoms with Gasteiger partial charge in [0.2, 0.25) is 0 Å². The van der Waals surface area contributed by atoms with Crippen molar-refractivity contribution >= 4 is 5.97 Å². The van der Waals surface area contributed by atoms with E-state index in [1.165, 1.54) is 0 Å². The summed E-state index contributed by atoms with van der Waals surface area (Å²) in [5.41, 5.74) is 0.618. The molecular formula is C13H17NO5. The lowest BCUT2D eigenvalue weighted by Gasteiger charge is -2.35.